The van der Waals surface area contributed by atoms with Gasteiger partial charge >= 0.3 is 0 Å². The normalized spacial score (nSPS) is 14.0. The van der Waals surface area contributed by atoms with E-state index in [4.69, 9.17) is 9.47 Å². The van der Waals surface area contributed by atoms with Crippen LogP contribution in [0.3, 0.4) is 0 Å². The van der Waals surface area contributed by atoms with Crippen LogP contribution in [0.5, 0.6) is 11.5 Å². The molecule has 0 unspecified atom stereocenters. The fraction of sp³-hybridized carbons (Fsp3) is 0.273. The molecular weight excluding hydrogens is 368 g/mol. The molecule has 0 radical (unpaired) electrons. The van der Waals surface area contributed by atoms with Gasteiger partial charge in [0.25, 0.3) is 5.91 Å². The minimum atomic E-state index is -0.109. The summed E-state index contributed by atoms with van der Waals surface area (Å²) in [5, 5.41) is 4.50. The summed E-state index contributed by atoms with van der Waals surface area (Å²) < 4.78 is 12.4. The molecule has 0 saturated carbocycles. The molecule has 1 amide bonds. The molecule has 2 heterocycles. The Kier molecular flexibility index (Phi) is 5.37. The molecule has 1 aromatic heterocycles. The number of rotatable bonds is 5. The topological polar surface area (TPSA) is 59.8 Å². The van der Waals surface area contributed by atoms with Crippen LogP contribution in [0.25, 0.3) is 5.69 Å². The van der Waals surface area contributed by atoms with Crippen molar-refractivity contribution in [3.63, 3.8) is 0 Å². The molecule has 3 aromatic rings. The van der Waals surface area contributed by atoms with Crippen LogP contribution >= 0.6 is 0 Å². The van der Waals surface area contributed by atoms with Gasteiger partial charge in [-0.3, -0.25) is 4.79 Å². The van der Waals surface area contributed by atoms with Gasteiger partial charge in [0.15, 0.2) is 11.4 Å². The van der Waals surface area contributed by atoms with E-state index in [1.165, 1.54) is 0 Å². The molecule has 7 nitrogen and oxygen atoms in total. The summed E-state index contributed by atoms with van der Waals surface area (Å²) in [5.74, 6) is 1.20. The lowest BCUT2D eigenvalue weighted by molar-refractivity contribution is 0.0737. The number of methoxy groups -OCH3 is 2. The number of piperazine rings is 1. The third kappa shape index (κ3) is 3.89. The zero-order valence-electron chi connectivity index (χ0n) is 16.6. The van der Waals surface area contributed by atoms with Crippen LogP contribution in [0, 0.1) is 0 Å². The van der Waals surface area contributed by atoms with E-state index in [0.29, 0.717) is 24.5 Å². The van der Waals surface area contributed by atoms with E-state index >= 15 is 0 Å². The lowest BCUT2D eigenvalue weighted by Crippen LogP contribution is -2.49. The van der Waals surface area contributed by atoms with Gasteiger partial charge in [0, 0.05) is 37.9 Å². The Balaban J connectivity index is 1.48. The van der Waals surface area contributed by atoms with E-state index in [9.17, 15) is 4.79 Å². The van der Waals surface area contributed by atoms with Crippen molar-refractivity contribution >= 4 is 11.6 Å². The first kappa shape index (κ1) is 18.9. The largest absolute Gasteiger partial charge is 0.497 e. The molecule has 1 aliphatic rings. The highest BCUT2D eigenvalue weighted by Crippen LogP contribution is 2.24. The maximum Gasteiger partial charge on any atom is 0.278 e. The Morgan fingerprint density at radius 3 is 2.31 bits per heavy atom. The van der Waals surface area contributed by atoms with Gasteiger partial charge < -0.3 is 19.3 Å². The molecule has 150 valence electrons. The molecular formula is C22H24N4O3. The number of carbonyl (C=O) groups excluding carboxylic acids is 1. The molecule has 7 heteroatoms. The summed E-state index contributed by atoms with van der Waals surface area (Å²) in [6, 6.07) is 17.7. The van der Waals surface area contributed by atoms with Crippen molar-refractivity contribution in [1.29, 1.82) is 0 Å². The van der Waals surface area contributed by atoms with Crippen molar-refractivity contribution in [2.24, 2.45) is 0 Å². The number of anilines is 1. The highest BCUT2D eigenvalue weighted by molar-refractivity contribution is 5.95. The van der Waals surface area contributed by atoms with Crippen molar-refractivity contribution in [3.05, 3.63) is 66.5 Å². The molecule has 0 bridgehead atoms. The summed E-state index contributed by atoms with van der Waals surface area (Å²) in [5.41, 5.74) is 2.32. The standard InChI is InChI=1S/C22H24N4O3/c1-28-19-10-6-9-18(15-19)24-11-13-25(14-12-24)22(27)21-20(29-2)16-26(23-21)17-7-4-3-5-8-17/h3-10,15-16H,11-14H2,1-2H3. The molecule has 1 fully saturated rings. The number of para-hydroxylation sites is 1. The van der Waals surface area contributed by atoms with Gasteiger partial charge in [0.05, 0.1) is 26.1 Å². The lowest BCUT2D eigenvalue weighted by atomic mass is 10.2. The zero-order valence-corrected chi connectivity index (χ0v) is 16.6. The molecule has 2 aromatic carbocycles. The first-order valence-electron chi connectivity index (χ1n) is 9.57. The van der Waals surface area contributed by atoms with E-state index in [0.717, 1.165) is 30.2 Å². The fourth-order valence-electron chi connectivity index (χ4n) is 3.49. The number of hydrogen-bond acceptors (Lipinski definition) is 5. The summed E-state index contributed by atoms with van der Waals surface area (Å²) in [6.45, 7) is 2.75. The van der Waals surface area contributed by atoms with E-state index in [2.05, 4.69) is 16.1 Å². The number of amides is 1. The Labute approximate surface area is 170 Å². The van der Waals surface area contributed by atoms with Gasteiger partial charge in [-0.25, -0.2) is 4.68 Å². The minimum absolute atomic E-state index is 0.109. The number of aromatic nitrogens is 2. The SMILES string of the molecule is COc1cccc(N2CCN(C(=O)c3nn(-c4ccccc4)cc3OC)CC2)c1. The summed E-state index contributed by atoms with van der Waals surface area (Å²) in [7, 11) is 3.22. The Morgan fingerprint density at radius 2 is 1.62 bits per heavy atom. The predicted octanol–water partition coefficient (Wildman–Crippen LogP) is 2.85. The monoisotopic (exact) mass is 392 g/mol. The van der Waals surface area contributed by atoms with E-state index in [1.54, 1.807) is 25.1 Å². The second-order valence-electron chi connectivity index (χ2n) is 6.81. The highest BCUT2D eigenvalue weighted by atomic mass is 16.5. The molecule has 0 aliphatic carbocycles. The van der Waals surface area contributed by atoms with Gasteiger partial charge in [0.1, 0.15) is 5.75 Å². The molecule has 0 N–H and O–H groups in total. The molecule has 4 rings (SSSR count). The number of carbonyl (C=O) groups is 1. The van der Waals surface area contributed by atoms with Crippen LogP contribution in [0.4, 0.5) is 5.69 Å². The number of ether oxygens (including phenoxy) is 2. The van der Waals surface area contributed by atoms with Crippen molar-refractivity contribution in [2.75, 3.05) is 45.3 Å². The van der Waals surface area contributed by atoms with Crippen LogP contribution in [0.15, 0.2) is 60.8 Å². The van der Waals surface area contributed by atoms with Crippen LogP contribution < -0.4 is 14.4 Å². The summed E-state index contributed by atoms with van der Waals surface area (Å²) >= 11 is 0. The highest BCUT2D eigenvalue weighted by Gasteiger charge is 2.27. The Hall–Kier alpha value is -3.48. The maximum atomic E-state index is 13.1. The van der Waals surface area contributed by atoms with Crippen LogP contribution in [-0.2, 0) is 0 Å². The summed E-state index contributed by atoms with van der Waals surface area (Å²) in [6.07, 6.45) is 1.75. The summed E-state index contributed by atoms with van der Waals surface area (Å²) in [4.78, 5) is 17.2. The Morgan fingerprint density at radius 1 is 0.897 bits per heavy atom. The number of benzene rings is 2. The second-order valence-corrected chi connectivity index (χ2v) is 6.81. The maximum absolute atomic E-state index is 13.1. The quantitative estimate of drug-likeness (QED) is 0.668. The van der Waals surface area contributed by atoms with Crippen LogP contribution in [0.1, 0.15) is 10.5 Å². The third-order valence-corrected chi connectivity index (χ3v) is 5.11. The third-order valence-electron chi connectivity index (χ3n) is 5.11. The van der Waals surface area contributed by atoms with E-state index in [-0.39, 0.29) is 5.91 Å². The Bertz CT molecular complexity index is 979. The van der Waals surface area contributed by atoms with E-state index in [1.807, 2.05) is 53.4 Å². The average Bonchev–Trinajstić information content (AvgIpc) is 3.24. The molecule has 1 saturated heterocycles. The zero-order chi connectivity index (χ0) is 20.2. The average molecular weight is 392 g/mol. The lowest BCUT2D eigenvalue weighted by Gasteiger charge is -2.36. The van der Waals surface area contributed by atoms with E-state index < -0.39 is 0 Å². The molecule has 0 spiro atoms. The van der Waals surface area contributed by atoms with Crippen molar-refractivity contribution in [2.45, 2.75) is 0 Å². The predicted molar refractivity (Wildman–Crippen MR) is 111 cm³/mol. The number of hydrogen-bond donors (Lipinski definition) is 0. The van der Waals surface area contributed by atoms with Crippen molar-refractivity contribution in [3.8, 4) is 17.2 Å². The minimum Gasteiger partial charge on any atom is -0.497 e. The fourth-order valence-corrected chi connectivity index (χ4v) is 3.49. The van der Waals surface area contributed by atoms with Crippen molar-refractivity contribution < 1.29 is 14.3 Å². The first-order chi connectivity index (χ1) is 14.2. The van der Waals surface area contributed by atoms with Gasteiger partial charge in [-0.2, -0.15) is 5.10 Å². The molecule has 1 aliphatic heterocycles. The molecule has 0 atom stereocenters. The van der Waals surface area contributed by atoms with Gasteiger partial charge in [-0.15, -0.1) is 0 Å². The van der Waals surface area contributed by atoms with Crippen LogP contribution in [-0.4, -0.2) is 61.0 Å². The molecule has 29 heavy (non-hydrogen) atoms. The first-order valence-corrected chi connectivity index (χ1v) is 9.57. The van der Waals surface area contributed by atoms with Gasteiger partial charge in [-0.05, 0) is 24.3 Å². The number of nitrogens with zero attached hydrogens (tertiary/aromatic N) is 4. The van der Waals surface area contributed by atoms with Crippen LogP contribution in [0.2, 0.25) is 0 Å². The van der Waals surface area contributed by atoms with Crippen molar-refractivity contribution in [1.82, 2.24) is 14.7 Å². The second kappa shape index (κ2) is 8.26. The van der Waals surface area contributed by atoms with Gasteiger partial charge in [0.2, 0.25) is 0 Å². The smallest absolute Gasteiger partial charge is 0.278 e. The van der Waals surface area contributed by atoms with Gasteiger partial charge in [-0.1, -0.05) is 24.3 Å².